The van der Waals surface area contributed by atoms with E-state index in [-0.39, 0.29) is 32.0 Å². The maximum absolute atomic E-state index is 12.7. The first kappa shape index (κ1) is 50.9. The van der Waals surface area contributed by atoms with Crippen molar-refractivity contribution in [2.75, 3.05) is 19.8 Å². The molecule has 3 unspecified atom stereocenters. The van der Waals surface area contributed by atoms with E-state index in [4.69, 9.17) is 18.9 Å². The van der Waals surface area contributed by atoms with Crippen molar-refractivity contribution in [2.45, 2.75) is 218 Å². The average molecular weight is 781 g/mol. The maximum Gasteiger partial charge on any atom is 0.306 e. The van der Waals surface area contributed by atoms with E-state index in [0.29, 0.717) is 6.42 Å². The van der Waals surface area contributed by atoms with Gasteiger partial charge in [-0.15, -0.1) is 0 Å². The van der Waals surface area contributed by atoms with Crippen LogP contribution < -0.4 is 0 Å². The molecule has 0 aromatic heterocycles. The highest BCUT2D eigenvalue weighted by Gasteiger charge is 2.44. The monoisotopic (exact) mass is 781 g/mol. The van der Waals surface area contributed by atoms with E-state index < -0.39 is 49.4 Å². The molecule has 1 rings (SSSR count). The van der Waals surface area contributed by atoms with Gasteiger partial charge in [-0.2, -0.15) is 0 Å². The first-order chi connectivity index (χ1) is 26.8. The molecule has 1 saturated heterocycles. The zero-order valence-corrected chi connectivity index (χ0v) is 34.7. The van der Waals surface area contributed by atoms with Gasteiger partial charge in [0.05, 0.1) is 13.2 Å². The predicted molar refractivity (Wildman–Crippen MR) is 219 cm³/mol. The molecule has 0 bridgehead atoms. The fourth-order valence-electron chi connectivity index (χ4n) is 6.60. The number of allylic oxidation sites excluding steroid dienone is 6. The Morgan fingerprint density at radius 1 is 0.582 bits per heavy atom. The Bertz CT molecular complexity index is 996. The van der Waals surface area contributed by atoms with Crippen LogP contribution in [0.2, 0.25) is 0 Å². The molecule has 6 atom stereocenters. The summed E-state index contributed by atoms with van der Waals surface area (Å²) in [6, 6.07) is 0. The number of rotatable bonds is 36. The van der Waals surface area contributed by atoms with Crippen molar-refractivity contribution in [3.8, 4) is 0 Å². The van der Waals surface area contributed by atoms with Gasteiger partial charge < -0.3 is 39.4 Å². The van der Waals surface area contributed by atoms with Crippen LogP contribution in [0, 0.1) is 0 Å². The molecule has 0 aliphatic carbocycles. The third-order valence-corrected chi connectivity index (χ3v) is 10.1. The van der Waals surface area contributed by atoms with Gasteiger partial charge in [0.15, 0.2) is 12.4 Å². The van der Waals surface area contributed by atoms with Crippen molar-refractivity contribution in [3.05, 3.63) is 36.5 Å². The van der Waals surface area contributed by atoms with E-state index in [1.165, 1.54) is 89.9 Å². The SMILES string of the molecule is CC/C=C/C=C/C=C/CCCCCCCC(=O)OC(COC(=O)CCCCCCCCCCCCCCCCCCC)CO[C@H]1O[C@@H](CO)[C@@H](O)C(O)C1O. The van der Waals surface area contributed by atoms with Crippen LogP contribution in [0.5, 0.6) is 0 Å². The smallest absolute Gasteiger partial charge is 0.306 e. The predicted octanol–water partition coefficient (Wildman–Crippen LogP) is 9.11. The van der Waals surface area contributed by atoms with E-state index in [9.17, 15) is 30.0 Å². The van der Waals surface area contributed by atoms with Crippen LogP contribution in [0.3, 0.4) is 0 Å². The quantitative estimate of drug-likeness (QED) is 0.0275. The normalized spacial score (nSPS) is 20.9. The van der Waals surface area contributed by atoms with Crippen molar-refractivity contribution < 1.29 is 49.0 Å². The second kappa shape index (κ2) is 36.3. The highest BCUT2D eigenvalue weighted by molar-refractivity contribution is 5.70. The summed E-state index contributed by atoms with van der Waals surface area (Å²) in [5.41, 5.74) is 0. The number of carbonyl (C=O) groups excluding carboxylic acids is 2. The van der Waals surface area contributed by atoms with Gasteiger partial charge >= 0.3 is 11.9 Å². The summed E-state index contributed by atoms with van der Waals surface area (Å²) >= 11 is 0. The van der Waals surface area contributed by atoms with Crippen molar-refractivity contribution >= 4 is 11.9 Å². The van der Waals surface area contributed by atoms with Crippen LogP contribution >= 0.6 is 0 Å². The number of unbranched alkanes of at least 4 members (excludes halogenated alkanes) is 21. The minimum absolute atomic E-state index is 0.208. The molecule has 1 heterocycles. The number of aliphatic hydroxyl groups excluding tert-OH is 4. The van der Waals surface area contributed by atoms with E-state index in [1.54, 1.807) is 0 Å². The zero-order chi connectivity index (χ0) is 40.2. The molecule has 0 spiro atoms. The lowest BCUT2D eigenvalue weighted by molar-refractivity contribution is -0.305. The second-order valence-electron chi connectivity index (χ2n) is 15.2. The lowest BCUT2D eigenvalue weighted by Crippen LogP contribution is -2.59. The molecule has 0 radical (unpaired) electrons. The van der Waals surface area contributed by atoms with Gasteiger partial charge in [-0.1, -0.05) is 172 Å². The molecular formula is C45H80O10. The molecule has 0 aromatic carbocycles. The standard InChI is InChI=1S/C45H80O10/c1-3-5-7-9-11-13-15-17-18-19-20-22-23-25-27-29-31-33-40(47)52-36-38(37-53-45-44(51)43(50)42(49)39(35-46)55-45)54-41(48)34-32-30-28-26-24-21-16-14-12-10-8-6-4-2/h6,8,10,12,14,16,38-39,42-46,49-51H,3-5,7,9,11,13,15,17-37H2,1-2H3/b8-6+,12-10+,16-14+/t38?,39-,42+,43?,44?,45-/m0/s1. The molecule has 10 nitrogen and oxygen atoms in total. The van der Waals surface area contributed by atoms with Crippen molar-refractivity contribution in [1.29, 1.82) is 0 Å². The van der Waals surface area contributed by atoms with Crippen LogP contribution in [0.15, 0.2) is 36.5 Å². The number of hydrogen-bond acceptors (Lipinski definition) is 10. The molecule has 0 aromatic rings. The number of aliphatic hydroxyl groups is 4. The molecule has 0 amide bonds. The third-order valence-electron chi connectivity index (χ3n) is 10.1. The summed E-state index contributed by atoms with van der Waals surface area (Å²) in [5.74, 6) is -0.826. The van der Waals surface area contributed by atoms with Gasteiger partial charge in [0.2, 0.25) is 0 Å². The lowest BCUT2D eigenvalue weighted by atomic mass is 9.99. The Morgan fingerprint density at radius 2 is 1.07 bits per heavy atom. The number of esters is 2. The topological polar surface area (TPSA) is 152 Å². The highest BCUT2D eigenvalue weighted by Crippen LogP contribution is 2.23. The number of hydrogen-bond donors (Lipinski definition) is 4. The first-order valence-corrected chi connectivity index (χ1v) is 22.1. The van der Waals surface area contributed by atoms with Crippen LogP contribution in [0.1, 0.15) is 181 Å². The third kappa shape index (κ3) is 28.0. The van der Waals surface area contributed by atoms with Crippen molar-refractivity contribution in [1.82, 2.24) is 0 Å². The van der Waals surface area contributed by atoms with Crippen LogP contribution in [-0.2, 0) is 28.5 Å². The Kier molecular flexibility index (Phi) is 33.6. The van der Waals surface area contributed by atoms with Crippen LogP contribution in [-0.4, -0.2) is 89.0 Å². The van der Waals surface area contributed by atoms with E-state index in [2.05, 4.69) is 32.1 Å². The number of ether oxygens (including phenoxy) is 4. The van der Waals surface area contributed by atoms with Crippen LogP contribution in [0.4, 0.5) is 0 Å². The number of carbonyl (C=O) groups is 2. The average Bonchev–Trinajstić information content (AvgIpc) is 3.18. The molecular weight excluding hydrogens is 700 g/mol. The molecule has 0 saturated carbocycles. The summed E-state index contributed by atoms with van der Waals surface area (Å²) < 4.78 is 22.1. The van der Waals surface area contributed by atoms with Gasteiger partial charge in [-0.05, 0) is 32.1 Å². The molecule has 10 heteroatoms. The summed E-state index contributed by atoms with van der Waals surface area (Å²) in [7, 11) is 0. The largest absolute Gasteiger partial charge is 0.462 e. The van der Waals surface area contributed by atoms with Crippen molar-refractivity contribution in [3.63, 3.8) is 0 Å². The summed E-state index contributed by atoms with van der Waals surface area (Å²) in [5, 5.41) is 40.0. The van der Waals surface area contributed by atoms with Gasteiger partial charge in [0, 0.05) is 12.8 Å². The van der Waals surface area contributed by atoms with Gasteiger partial charge in [0.1, 0.15) is 31.0 Å². The van der Waals surface area contributed by atoms with E-state index in [1.807, 2.05) is 18.2 Å². The van der Waals surface area contributed by atoms with Gasteiger partial charge in [-0.3, -0.25) is 9.59 Å². The summed E-state index contributed by atoms with van der Waals surface area (Å²) in [6.07, 6.45) is 33.0. The second-order valence-corrected chi connectivity index (χ2v) is 15.2. The minimum atomic E-state index is -1.60. The Labute approximate surface area is 334 Å². The van der Waals surface area contributed by atoms with Gasteiger partial charge in [0.25, 0.3) is 0 Å². The van der Waals surface area contributed by atoms with Gasteiger partial charge in [-0.25, -0.2) is 0 Å². The van der Waals surface area contributed by atoms with E-state index >= 15 is 0 Å². The Balaban J connectivity index is 2.32. The summed E-state index contributed by atoms with van der Waals surface area (Å²) in [6.45, 7) is 3.27. The molecule has 320 valence electrons. The molecule has 4 N–H and O–H groups in total. The lowest BCUT2D eigenvalue weighted by Gasteiger charge is -2.39. The molecule has 1 aliphatic rings. The maximum atomic E-state index is 12.7. The highest BCUT2D eigenvalue weighted by atomic mass is 16.7. The minimum Gasteiger partial charge on any atom is -0.462 e. The van der Waals surface area contributed by atoms with Crippen molar-refractivity contribution in [2.24, 2.45) is 0 Å². The zero-order valence-electron chi connectivity index (χ0n) is 34.7. The Hall–Kier alpha value is -2.08. The van der Waals surface area contributed by atoms with Crippen LogP contribution in [0.25, 0.3) is 0 Å². The fraction of sp³-hybridized carbons (Fsp3) is 0.822. The van der Waals surface area contributed by atoms with E-state index in [0.717, 1.165) is 57.8 Å². The summed E-state index contributed by atoms with van der Waals surface area (Å²) in [4.78, 5) is 25.3. The Morgan fingerprint density at radius 3 is 1.60 bits per heavy atom. The first-order valence-electron chi connectivity index (χ1n) is 22.1. The fourth-order valence-corrected chi connectivity index (χ4v) is 6.60. The molecule has 55 heavy (non-hydrogen) atoms. The molecule has 1 fully saturated rings. The molecule has 1 aliphatic heterocycles.